The van der Waals surface area contributed by atoms with Crippen molar-refractivity contribution < 1.29 is 9.59 Å². The van der Waals surface area contributed by atoms with Crippen LogP contribution in [0.5, 0.6) is 0 Å². The Hall–Kier alpha value is -2.08. The maximum Gasteiger partial charge on any atom is 0.300 e. The lowest BCUT2D eigenvalue weighted by molar-refractivity contribution is -0.114. The zero-order valence-electron chi connectivity index (χ0n) is 11.7. The van der Waals surface area contributed by atoms with Crippen molar-refractivity contribution in [1.82, 2.24) is 0 Å². The first kappa shape index (κ1) is 13.4. The van der Waals surface area contributed by atoms with E-state index < -0.39 is 11.7 Å². The molecule has 0 bridgehead atoms. The van der Waals surface area contributed by atoms with Gasteiger partial charge in [-0.05, 0) is 39.8 Å². The van der Waals surface area contributed by atoms with E-state index >= 15 is 0 Å². The van der Waals surface area contributed by atoms with Crippen LogP contribution >= 0.6 is 0 Å². The molecule has 0 fully saturated rings. The van der Waals surface area contributed by atoms with E-state index in [0.29, 0.717) is 11.3 Å². The van der Waals surface area contributed by atoms with Crippen LogP contribution in [0.4, 0.5) is 5.69 Å². The third kappa shape index (κ3) is 2.68. The highest BCUT2D eigenvalue weighted by Gasteiger charge is 2.35. The van der Waals surface area contributed by atoms with Crippen molar-refractivity contribution in [2.75, 3.05) is 11.4 Å². The largest absolute Gasteiger partial charge is 0.300 e. The van der Waals surface area contributed by atoms with Crippen molar-refractivity contribution in [3.05, 3.63) is 29.3 Å². The Morgan fingerprint density at radius 1 is 1.21 bits per heavy atom. The molecule has 0 unspecified atom stereocenters. The lowest BCUT2D eigenvalue weighted by atomic mass is 9.98. The van der Waals surface area contributed by atoms with Gasteiger partial charge in [-0.2, -0.15) is 0 Å². The van der Waals surface area contributed by atoms with Gasteiger partial charge in [0.2, 0.25) is 0 Å². The molecule has 0 aromatic heterocycles. The Morgan fingerprint density at radius 2 is 1.89 bits per heavy atom. The summed E-state index contributed by atoms with van der Waals surface area (Å²) in [6.07, 6.45) is 0. The smallest absolute Gasteiger partial charge is 0.293 e. The Bertz CT molecular complexity index is 612. The van der Waals surface area contributed by atoms with Crippen LogP contribution < -0.4 is 4.90 Å². The van der Waals surface area contributed by atoms with Crippen molar-refractivity contribution >= 4 is 17.4 Å². The van der Waals surface area contributed by atoms with Gasteiger partial charge in [0.05, 0.1) is 17.8 Å². The SMILES string of the molecule is Cc1ccc2c(c1)C(=O)C(=O)N2CC#CC(C)(C)C. The molecule has 0 N–H and O–H groups in total. The number of amides is 1. The zero-order valence-corrected chi connectivity index (χ0v) is 11.7. The second-order valence-corrected chi connectivity index (χ2v) is 5.79. The second kappa shape index (κ2) is 4.55. The van der Waals surface area contributed by atoms with Crippen LogP contribution in [-0.4, -0.2) is 18.2 Å². The third-order valence-electron chi connectivity index (χ3n) is 2.83. The van der Waals surface area contributed by atoms with Gasteiger partial charge in [-0.3, -0.25) is 14.5 Å². The first-order valence-electron chi connectivity index (χ1n) is 6.26. The fourth-order valence-corrected chi connectivity index (χ4v) is 1.96. The lowest BCUT2D eigenvalue weighted by Crippen LogP contribution is -2.30. The van der Waals surface area contributed by atoms with Crippen LogP contribution in [0.15, 0.2) is 18.2 Å². The number of anilines is 1. The molecular formula is C16H17NO2. The summed E-state index contributed by atoms with van der Waals surface area (Å²) in [6.45, 7) is 8.19. The van der Waals surface area contributed by atoms with E-state index in [1.165, 1.54) is 4.90 Å². The number of ketones is 1. The van der Waals surface area contributed by atoms with E-state index in [2.05, 4.69) is 11.8 Å². The molecule has 0 saturated heterocycles. The van der Waals surface area contributed by atoms with Gasteiger partial charge >= 0.3 is 0 Å². The molecule has 0 radical (unpaired) electrons. The monoisotopic (exact) mass is 255 g/mol. The molecule has 1 aliphatic heterocycles. The highest BCUT2D eigenvalue weighted by atomic mass is 16.2. The standard InChI is InChI=1S/C16H17NO2/c1-11-6-7-13-12(10-11)14(18)15(19)17(13)9-5-8-16(2,3)4/h6-7,10H,9H2,1-4H3. The Balaban J connectivity index is 2.31. The molecule has 1 heterocycles. The summed E-state index contributed by atoms with van der Waals surface area (Å²) in [7, 11) is 0. The van der Waals surface area contributed by atoms with Gasteiger partial charge in [0.15, 0.2) is 0 Å². The zero-order chi connectivity index (χ0) is 14.2. The molecule has 1 amide bonds. The van der Waals surface area contributed by atoms with Crippen LogP contribution in [0.25, 0.3) is 0 Å². The predicted octanol–water partition coefficient (Wildman–Crippen LogP) is 2.57. The van der Waals surface area contributed by atoms with Crippen molar-refractivity contribution in [2.24, 2.45) is 5.41 Å². The van der Waals surface area contributed by atoms with Crippen molar-refractivity contribution in [3.63, 3.8) is 0 Å². The number of hydrogen-bond donors (Lipinski definition) is 0. The summed E-state index contributed by atoms with van der Waals surface area (Å²) in [6, 6.07) is 5.47. The van der Waals surface area contributed by atoms with Gasteiger partial charge in [-0.25, -0.2) is 0 Å². The van der Waals surface area contributed by atoms with Gasteiger partial charge in [-0.1, -0.05) is 23.5 Å². The minimum atomic E-state index is -0.483. The van der Waals surface area contributed by atoms with Gasteiger partial charge in [0, 0.05) is 5.41 Å². The first-order valence-corrected chi connectivity index (χ1v) is 6.26. The normalized spacial score (nSPS) is 14.2. The van der Waals surface area contributed by atoms with Crippen LogP contribution in [0.3, 0.4) is 0 Å². The van der Waals surface area contributed by atoms with E-state index in [-0.39, 0.29) is 12.0 Å². The van der Waals surface area contributed by atoms with Crippen molar-refractivity contribution in [2.45, 2.75) is 27.7 Å². The first-order chi connectivity index (χ1) is 8.79. The number of rotatable bonds is 1. The molecule has 2 rings (SSSR count). The molecule has 3 nitrogen and oxygen atoms in total. The molecule has 19 heavy (non-hydrogen) atoms. The highest BCUT2D eigenvalue weighted by Crippen LogP contribution is 2.29. The summed E-state index contributed by atoms with van der Waals surface area (Å²) >= 11 is 0. The molecule has 1 aliphatic rings. The minimum absolute atomic E-state index is 0.108. The third-order valence-corrected chi connectivity index (χ3v) is 2.83. The topological polar surface area (TPSA) is 37.4 Å². The summed E-state index contributed by atoms with van der Waals surface area (Å²) in [4.78, 5) is 25.3. The van der Waals surface area contributed by atoms with E-state index in [4.69, 9.17) is 0 Å². The number of aryl methyl sites for hydroxylation is 1. The van der Waals surface area contributed by atoms with E-state index in [9.17, 15) is 9.59 Å². The number of benzene rings is 1. The average Bonchev–Trinajstić information content (AvgIpc) is 2.53. The lowest BCUT2D eigenvalue weighted by Gasteiger charge is -2.13. The fourth-order valence-electron chi connectivity index (χ4n) is 1.96. The number of carbonyl (C=O) groups is 2. The summed E-state index contributed by atoms with van der Waals surface area (Å²) in [5.74, 6) is 5.13. The summed E-state index contributed by atoms with van der Waals surface area (Å²) in [5, 5.41) is 0. The predicted molar refractivity (Wildman–Crippen MR) is 75.1 cm³/mol. The second-order valence-electron chi connectivity index (χ2n) is 5.79. The van der Waals surface area contributed by atoms with Crippen LogP contribution in [-0.2, 0) is 4.79 Å². The number of nitrogens with zero attached hydrogens (tertiary/aromatic N) is 1. The number of hydrogen-bond acceptors (Lipinski definition) is 2. The molecule has 98 valence electrons. The van der Waals surface area contributed by atoms with Gasteiger partial charge in [0.1, 0.15) is 0 Å². The quantitative estimate of drug-likeness (QED) is 0.571. The molecule has 0 aliphatic carbocycles. The molecule has 0 atom stereocenters. The number of fused-ring (bicyclic) bond motifs is 1. The van der Waals surface area contributed by atoms with Crippen molar-refractivity contribution in [1.29, 1.82) is 0 Å². The molecular weight excluding hydrogens is 238 g/mol. The number of Topliss-reactive ketones (excluding diaryl/α,β-unsaturated/α-hetero) is 1. The average molecular weight is 255 g/mol. The van der Waals surface area contributed by atoms with E-state index in [1.54, 1.807) is 6.07 Å². The maximum atomic E-state index is 11.9. The van der Waals surface area contributed by atoms with E-state index in [0.717, 1.165) is 5.56 Å². The van der Waals surface area contributed by atoms with Gasteiger partial charge < -0.3 is 0 Å². The van der Waals surface area contributed by atoms with Crippen molar-refractivity contribution in [3.8, 4) is 11.8 Å². The number of carbonyl (C=O) groups excluding carboxylic acids is 2. The van der Waals surface area contributed by atoms with Gasteiger partial charge in [-0.15, -0.1) is 0 Å². The Morgan fingerprint density at radius 3 is 2.53 bits per heavy atom. The maximum absolute atomic E-state index is 11.9. The highest BCUT2D eigenvalue weighted by molar-refractivity contribution is 6.52. The van der Waals surface area contributed by atoms with E-state index in [1.807, 2.05) is 39.8 Å². The molecule has 1 aromatic rings. The van der Waals surface area contributed by atoms with Crippen LogP contribution in [0, 0.1) is 24.2 Å². The molecule has 0 spiro atoms. The Labute approximate surface area is 113 Å². The van der Waals surface area contributed by atoms with Crippen LogP contribution in [0.1, 0.15) is 36.7 Å². The fraction of sp³-hybridized carbons (Fsp3) is 0.375. The molecule has 0 saturated carbocycles. The summed E-state index contributed by atoms with van der Waals surface area (Å²) < 4.78 is 0. The van der Waals surface area contributed by atoms with Gasteiger partial charge in [0.25, 0.3) is 11.7 Å². The minimum Gasteiger partial charge on any atom is -0.293 e. The molecule has 1 aromatic carbocycles. The Kier molecular flexibility index (Phi) is 3.20. The summed E-state index contributed by atoms with van der Waals surface area (Å²) in [5.41, 5.74) is 2.02. The molecule has 3 heteroatoms. The van der Waals surface area contributed by atoms with Crippen LogP contribution in [0.2, 0.25) is 0 Å².